The monoisotopic (exact) mass is 333 g/mol. The summed E-state index contributed by atoms with van der Waals surface area (Å²) in [5.41, 5.74) is 2.77. The summed E-state index contributed by atoms with van der Waals surface area (Å²) >= 11 is 0. The predicted molar refractivity (Wildman–Crippen MR) is 94.2 cm³/mol. The largest absolute Gasteiger partial charge is 0.497 e. The number of hydrogen-bond donors (Lipinski definition) is 2. The van der Waals surface area contributed by atoms with Crippen LogP contribution in [0.25, 0.3) is 5.57 Å². The van der Waals surface area contributed by atoms with Crippen LogP contribution >= 0.6 is 0 Å². The Kier molecular flexibility index (Phi) is 5.54. The van der Waals surface area contributed by atoms with Gasteiger partial charge in [-0.05, 0) is 47.1 Å². The van der Waals surface area contributed by atoms with Gasteiger partial charge in [-0.3, -0.25) is 0 Å². The molecule has 0 saturated heterocycles. The Morgan fingerprint density at radius 2 is 1.92 bits per heavy atom. The number of carboxylic acid groups (broad SMARTS) is 1. The Morgan fingerprint density at radius 3 is 2.38 bits per heavy atom. The number of nitrogens with zero attached hydrogens (tertiary/aromatic N) is 1. The summed E-state index contributed by atoms with van der Waals surface area (Å²) in [6, 6.07) is 7.54. The number of amides is 1. The number of aliphatic hydroxyl groups is 1. The highest BCUT2D eigenvalue weighted by molar-refractivity contribution is 5.72. The molecule has 2 N–H and O–H groups in total. The Balaban J connectivity index is 2.42. The number of methoxy groups -OCH3 is 1. The van der Waals surface area contributed by atoms with Gasteiger partial charge in [0.05, 0.1) is 13.7 Å². The van der Waals surface area contributed by atoms with Crippen molar-refractivity contribution in [2.45, 2.75) is 39.7 Å². The molecule has 24 heavy (non-hydrogen) atoms. The third kappa shape index (κ3) is 3.90. The van der Waals surface area contributed by atoms with E-state index in [0.29, 0.717) is 19.4 Å². The molecule has 1 aromatic carbocycles. The van der Waals surface area contributed by atoms with Gasteiger partial charge in [0.2, 0.25) is 0 Å². The molecule has 1 aromatic rings. The molecule has 0 aliphatic carbocycles. The zero-order valence-corrected chi connectivity index (χ0v) is 14.9. The molecule has 5 heteroatoms. The first-order valence-electron chi connectivity index (χ1n) is 8.23. The number of aliphatic hydroxyl groups excluding tert-OH is 1. The lowest BCUT2D eigenvalue weighted by Crippen LogP contribution is -2.46. The summed E-state index contributed by atoms with van der Waals surface area (Å²) < 4.78 is 5.19. The molecule has 132 valence electrons. The molecular formula is C19H27NO4. The highest BCUT2D eigenvalue weighted by Gasteiger charge is 2.36. The second-order valence-corrected chi connectivity index (χ2v) is 7.28. The lowest BCUT2D eigenvalue weighted by atomic mass is 9.81. The molecule has 1 amide bonds. The van der Waals surface area contributed by atoms with Crippen LogP contribution in [0.1, 0.15) is 39.2 Å². The van der Waals surface area contributed by atoms with Gasteiger partial charge >= 0.3 is 6.09 Å². The van der Waals surface area contributed by atoms with E-state index in [1.807, 2.05) is 45.0 Å². The van der Waals surface area contributed by atoms with E-state index in [-0.39, 0.29) is 18.1 Å². The van der Waals surface area contributed by atoms with Gasteiger partial charge in [-0.15, -0.1) is 0 Å². The Hall–Kier alpha value is -2.01. The van der Waals surface area contributed by atoms with E-state index < -0.39 is 6.09 Å². The van der Waals surface area contributed by atoms with E-state index >= 15 is 0 Å². The summed E-state index contributed by atoms with van der Waals surface area (Å²) in [6.45, 7) is 6.51. The number of carbonyl (C=O) groups is 1. The fourth-order valence-electron chi connectivity index (χ4n) is 3.33. The molecule has 0 fully saturated rings. The van der Waals surface area contributed by atoms with Gasteiger partial charge in [-0.2, -0.15) is 0 Å². The second kappa shape index (κ2) is 7.26. The molecule has 0 radical (unpaired) electrons. The zero-order chi connectivity index (χ0) is 17.9. The average Bonchev–Trinajstić information content (AvgIpc) is 2.74. The molecule has 1 atom stereocenters. The molecular weight excluding hydrogens is 306 g/mol. The smallest absolute Gasteiger partial charge is 0.407 e. The van der Waals surface area contributed by atoms with E-state index in [9.17, 15) is 15.0 Å². The fraction of sp³-hybridized carbons (Fsp3) is 0.526. The predicted octanol–water partition coefficient (Wildman–Crippen LogP) is 3.63. The van der Waals surface area contributed by atoms with Gasteiger partial charge in [0, 0.05) is 12.6 Å². The first-order chi connectivity index (χ1) is 11.3. The van der Waals surface area contributed by atoms with Gasteiger partial charge in [-0.25, -0.2) is 4.79 Å². The van der Waals surface area contributed by atoms with Crippen LogP contribution in [0.3, 0.4) is 0 Å². The van der Waals surface area contributed by atoms with Crippen molar-refractivity contribution in [3.8, 4) is 5.75 Å². The van der Waals surface area contributed by atoms with Crippen LogP contribution in [0.2, 0.25) is 0 Å². The van der Waals surface area contributed by atoms with Gasteiger partial charge in [0.15, 0.2) is 0 Å². The van der Waals surface area contributed by atoms with Crippen LogP contribution in [0, 0.1) is 5.41 Å². The number of hydrogen-bond acceptors (Lipinski definition) is 3. The van der Waals surface area contributed by atoms with Crippen molar-refractivity contribution in [3.63, 3.8) is 0 Å². The van der Waals surface area contributed by atoms with Crippen LogP contribution in [0.4, 0.5) is 4.79 Å². The molecule has 0 spiro atoms. The Morgan fingerprint density at radius 1 is 1.29 bits per heavy atom. The molecule has 0 aromatic heterocycles. The summed E-state index contributed by atoms with van der Waals surface area (Å²) in [5, 5.41) is 19.5. The quantitative estimate of drug-likeness (QED) is 0.886. The Labute approximate surface area is 143 Å². The van der Waals surface area contributed by atoms with E-state index in [4.69, 9.17) is 4.74 Å². The third-order valence-electron chi connectivity index (χ3n) is 4.72. The van der Waals surface area contributed by atoms with Crippen molar-refractivity contribution in [1.82, 2.24) is 4.90 Å². The Bertz CT molecular complexity index is 613. The first-order valence-corrected chi connectivity index (χ1v) is 8.23. The number of rotatable bonds is 3. The van der Waals surface area contributed by atoms with Crippen molar-refractivity contribution in [1.29, 1.82) is 0 Å². The summed E-state index contributed by atoms with van der Waals surface area (Å²) in [4.78, 5) is 13.2. The van der Waals surface area contributed by atoms with Crippen LogP contribution in [0.5, 0.6) is 5.75 Å². The second-order valence-electron chi connectivity index (χ2n) is 7.28. The van der Waals surface area contributed by atoms with Gasteiger partial charge in [0.1, 0.15) is 5.75 Å². The summed E-state index contributed by atoms with van der Waals surface area (Å²) in [6.07, 6.45) is 0.248. The van der Waals surface area contributed by atoms with Crippen molar-refractivity contribution in [2.75, 3.05) is 20.3 Å². The molecule has 1 unspecified atom stereocenters. The molecule has 0 saturated carbocycles. The maximum absolute atomic E-state index is 11.7. The van der Waals surface area contributed by atoms with Crippen molar-refractivity contribution in [2.24, 2.45) is 5.41 Å². The molecule has 1 aliphatic heterocycles. The molecule has 1 heterocycles. The van der Waals surface area contributed by atoms with Crippen LogP contribution in [0.15, 0.2) is 29.8 Å². The lowest BCUT2D eigenvalue weighted by molar-refractivity contribution is 0.0843. The minimum atomic E-state index is -0.900. The summed E-state index contributed by atoms with van der Waals surface area (Å²) in [5.74, 6) is 0.776. The average molecular weight is 333 g/mol. The molecule has 1 aliphatic rings. The summed E-state index contributed by atoms with van der Waals surface area (Å²) in [7, 11) is 1.62. The van der Waals surface area contributed by atoms with E-state index in [0.717, 1.165) is 22.5 Å². The minimum absolute atomic E-state index is 0.0542. The lowest BCUT2D eigenvalue weighted by Gasteiger charge is -2.37. The first kappa shape index (κ1) is 18.3. The van der Waals surface area contributed by atoms with Crippen molar-refractivity contribution < 1.29 is 19.7 Å². The molecule has 0 bridgehead atoms. The SMILES string of the molecule is COc1ccc(C2=C(CO)CC(C(C)(C)C)N(C(=O)O)CC2)cc1. The van der Waals surface area contributed by atoms with Gasteiger partial charge < -0.3 is 19.8 Å². The van der Waals surface area contributed by atoms with Crippen LogP contribution < -0.4 is 4.74 Å². The highest BCUT2D eigenvalue weighted by atomic mass is 16.5. The van der Waals surface area contributed by atoms with Crippen molar-refractivity contribution >= 4 is 11.7 Å². The maximum Gasteiger partial charge on any atom is 0.407 e. The third-order valence-corrected chi connectivity index (χ3v) is 4.72. The molecule has 5 nitrogen and oxygen atoms in total. The van der Waals surface area contributed by atoms with Crippen LogP contribution in [-0.2, 0) is 0 Å². The number of ether oxygens (including phenoxy) is 1. The molecule has 2 rings (SSSR count). The topological polar surface area (TPSA) is 70.0 Å². The van der Waals surface area contributed by atoms with Gasteiger partial charge in [0.25, 0.3) is 0 Å². The highest BCUT2D eigenvalue weighted by Crippen LogP contribution is 2.37. The van der Waals surface area contributed by atoms with E-state index in [2.05, 4.69) is 0 Å². The van der Waals surface area contributed by atoms with Crippen LogP contribution in [-0.4, -0.2) is 47.5 Å². The number of benzene rings is 1. The van der Waals surface area contributed by atoms with E-state index in [1.165, 1.54) is 4.90 Å². The van der Waals surface area contributed by atoms with E-state index in [1.54, 1.807) is 7.11 Å². The standard InChI is InChI=1S/C19H27NO4/c1-19(2,3)17-11-14(12-21)16(9-10-20(17)18(22)23)13-5-7-15(24-4)8-6-13/h5-8,17,21H,9-12H2,1-4H3,(H,22,23). The zero-order valence-electron chi connectivity index (χ0n) is 14.9. The fourth-order valence-corrected chi connectivity index (χ4v) is 3.33. The van der Waals surface area contributed by atoms with Gasteiger partial charge in [-0.1, -0.05) is 32.9 Å². The normalized spacial score (nSPS) is 19.2. The minimum Gasteiger partial charge on any atom is -0.497 e. The maximum atomic E-state index is 11.7. The van der Waals surface area contributed by atoms with Crippen molar-refractivity contribution in [3.05, 3.63) is 35.4 Å².